The van der Waals surface area contributed by atoms with Crippen molar-refractivity contribution in [2.45, 2.75) is 32.6 Å². The molecule has 0 bridgehead atoms. The van der Waals surface area contributed by atoms with Gasteiger partial charge in [0.25, 0.3) is 0 Å². The van der Waals surface area contributed by atoms with Gasteiger partial charge in [0.2, 0.25) is 0 Å². The lowest BCUT2D eigenvalue weighted by molar-refractivity contribution is 0.308. The van der Waals surface area contributed by atoms with E-state index >= 15 is 0 Å². The number of ether oxygens (including phenoxy) is 1. The molecule has 1 unspecified atom stereocenters. The van der Waals surface area contributed by atoms with E-state index in [1.54, 1.807) is 0 Å². The SMILES string of the molecule is CCC(C)c1ccccc1OCCCN. The highest BCUT2D eigenvalue weighted by atomic mass is 16.5. The molecule has 15 heavy (non-hydrogen) atoms. The lowest BCUT2D eigenvalue weighted by atomic mass is 9.98. The summed E-state index contributed by atoms with van der Waals surface area (Å²) in [7, 11) is 0. The third-order valence-corrected chi connectivity index (χ3v) is 2.67. The van der Waals surface area contributed by atoms with Gasteiger partial charge in [0.15, 0.2) is 0 Å². The molecule has 0 saturated carbocycles. The normalized spacial score (nSPS) is 12.5. The third kappa shape index (κ3) is 3.56. The van der Waals surface area contributed by atoms with Crippen LogP contribution < -0.4 is 10.5 Å². The van der Waals surface area contributed by atoms with Crippen molar-refractivity contribution in [2.24, 2.45) is 5.73 Å². The highest BCUT2D eigenvalue weighted by molar-refractivity contribution is 5.35. The molecule has 84 valence electrons. The van der Waals surface area contributed by atoms with Crippen LogP contribution >= 0.6 is 0 Å². The van der Waals surface area contributed by atoms with Crippen molar-refractivity contribution in [3.8, 4) is 5.75 Å². The molecule has 0 aliphatic heterocycles. The molecule has 1 atom stereocenters. The quantitative estimate of drug-likeness (QED) is 0.728. The summed E-state index contributed by atoms with van der Waals surface area (Å²) in [6.07, 6.45) is 2.05. The summed E-state index contributed by atoms with van der Waals surface area (Å²) in [5.41, 5.74) is 6.74. The largest absolute Gasteiger partial charge is 0.493 e. The van der Waals surface area contributed by atoms with E-state index in [9.17, 15) is 0 Å². The molecule has 1 rings (SSSR count). The second-order valence-corrected chi connectivity index (χ2v) is 3.84. The Morgan fingerprint density at radius 2 is 2.07 bits per heavy atom. The Kier molecular flexibility index (Phi) is 5.19. The van der Waals surface area contributed by atoms with Gasteiger partial charge in [-0.1, -0.05) is 32.0 Å². The van der Waals surface area contributed by atoms with E-state index in [0.29, 0.717) is 19.1 Å². The fourth-order valence-corrected chi connectivity index (χ4v) is 1.50. The summed E-state index contributed by atoms with van der Waals surface area (Å²) in [5.74, 6) is 1.57. The van der Waals surface area contributed by atoms with Crippen molar-refractivity contribution >= 4 is 0 Å². The summed E-state index contributed by atoms with van der Waals surface area (Å²) in [6, 6.07) is 8.27. The zero-order valence-corrected chi connectivity index (χ0v) is 9.70. The first-order valence-electron chi connectivity index (χ1n) is 5.71. The zero-order chi connectivity index (χ0) is 11.1. The first-order valence-corrected chi connectivity index (χ1v) is 5.71. The van der Waals surface area contributed by atoms with E-state index in [0.717, 1.165) is 18.6 Å². The standard InChI is InChI=1S/C13H21NO/c1-3-11(2)12-7-4-5-8-13(12)15-10-6-9-14/h4-5,7-8,11H,3,6,9-10,14H2,1-2H3. The summed E-state index contributed by atoms with van der Waals surface area (Å²) < 4.78 is 5.72. The lowest BCUT2D eigenvalue weighted by Crippen LogP contribution is -2.07. The second kappa shape index (κ2) is 6.46. The van der Waals surface area contributed by atoms with Crippen LogP contribution in [0.15, 0.2) is 24.3 Å². The Hall–Kier alpha value is -1.02. The van der Waals surface area contributed by atoms with Crippen LogP contribution in [-0.2, 0) is 0 Å². The van der Waals surface area contributed by atoms with Crippen molar-refractivity contribution in [3.63, 3.8) is 0 Å². The zero-order valence-electron chi connectivity index (χ0n) is 9.70. The minimum atomic E-state index is 0.555. The van der Waals surface area contributed by atoms with Gasteiger partial charge in [0.1, 0.15) is 5.75 Å². The van der Waals surface area contributed by atoms with Gasteiger partial charge in [0, 0.05) is 0 Å². The molecule has 0 amide bonds. The van der Waals surface area contributed by atoms with Crippen molar-refractivity contribution in [1.82, 2.24) is 0 Å². The van der Waals surface area contributed by atoms with Gasteiger partial charge in [0.05, 0.1) is 6.61 Å². The van der Waals surface area contributed by atoms with Crippen LogP contribution in [0.5, 0.6) is 5.75 Å². The predicted octanol–water partition coefficient (Wildman–Crippen LogP) is 2.93. The molecule has 2 N–H and O–H groups in total. The summed E-state index contributed by atoms with van der Waals surface area (Å²) in [5, 5.41) is 0. The number of hydrogen-bond acceptors (Lipinski definition) is 2. The molecule has 0 radical (unpaired) electrons. The Bertz CT molecular complexity index is 286. The topological polar surface area (TPSA) is 35.2 Å². The van der Waals surface area contributed by atoms with Crippen LogP contribution in [0.4, 0.5) is 0 Å². The Morgan fingerprint density at radius 3 is 2.73 bits per heavy atom. The number of hydrogen-bond donors (Lipinski definition) is 1. The molecule has 0 aliphatic rings. The Balaban J connectivity index is 2.68. The fourth-order valence-electron chi connectivity index (χ4n) is 1.50. The third-order valence-electron chi connectivity index (χ3n) is 2.67. The second-order valence-electron chi connectivity index (χ2n) is 3.84. The fraction of sp³-hybridized carbons (Fsp3) is 0.538. The Labute approximate surface area is 92.4 Å². The van der Waals surface area contributed by atoms with Crippen LogP contribution in [0.3, 0.4) is 0 Å². The maximum atomic E-state index is 5.72. The molecule has 0 saturated heterocycles. The lowest BCUT2D eigenvalue weighted by Gasteiger charge is -2.15. The van der Waals surface area contributed by atoms with Crippen molar-refractivity contribution < 1.29 is 4.74 Å². The van der Waals surface area contributed by atoms with E-state index in [1.165, 1.54) is 5.56 Å². The van der Waals surface area contributed by atoms with Crippen LogP contribution in [0.25, 0.3) is 0 Å². The molecular weight excluding hydrogens is 186 g/mol. The van der Waals surface area contributed by atoms with Gasteiger partial charge in [-0.3, -0.25) is 0 Å². The monoisotopic (exact) mass is 207 g/mol. The molecule has 0 fully saturated rings. The molecule has 2 heteroatoms. The number of nitrogens with two attached hydrogens (primary N) is 1. The number of rotatable bonds is 6. The maximum Gasteiger partial charge on any atom is 0.122 e. The van der Waals surface area contributed by atoms with E-state index in [1.807, 2.05) is 12.1 Å². The van der Waals surface area contributed by atoms with Crippen molar-refractivity contribution in [2.75, 3.05) is 13.2 Å². The summed E-state index contributed by atoms with van der Waals surface area (Å²) >= 11 is 0. The minimum Gasteiger partial charge on any atom is -0.493 e. The first kappa shape index (κ1) is 12.1. The van der Waals surface area contributed by atoms with Gasteiger partial charge >= 0.3 is 0 Å². The predicted molar refractivity (Wildman–Crippen MR) is 64.3 cm³/mol. The van der Waals surface area contributed by atoms with Crippen LogP contribution in [0.1, 0.15) is 38.2 Å². The van der Waals surface area contributed by atoms with E-state index < -0.39 is 0 Å². The summed E-state index contributed by atoms with van der Waals surface area (Å²) in [6.45, 7) is 5.82. The summed E-state index contributed by atoms with van der Waals surface area (Å²) in [4.78, 5) is 0. The van der Waals surface area contributed by atoms with E-state index in [2.05, 4.69) is 26.0 Å². The van der Waals surface area contributed by atoms with Crippen LogP contribution in [0, 0.1) is 0 Å². The van der Waals surface area contributed by atoms with Gasteiger partial charge in [-0.15, -0.1) is 0 Å². The maximum absolute atomic E-state index is 5.72. The molecule has 0 spiro atoms. The van der Waals surface area contributed by atoms with Gasteiger partial charge in [-0.25, -0.2) is 0 Å². The van der Waals surface area contributed by atoms with Crippen LogP contribution in [-0.4, -0.2) is 13.2 Å². The highest BCUT2D eigenvalue weighted by Gasteiger charge is 2.08. The highest BCUT2D eigenvalue weighted by Crippen LogP contribution is 2.28. The minimum absolute atomic E-state index is 0.555. The molecule has 1 aromatic carbocycles. The van der Waals surface area contributed by atoms with Crippen LogP contribution in [0.2, 0.25) is 0 Å². The van der Waals surface area contributed by atoms with Crippen molar-refractivity contribution in [1.29, 1.82) is 0 Å². The molecule has 1 aromatic rings. The molecule has 0 heterocycles. The van der Waals surface area contributed by atoms with Gasteiger partial charge in [-0.05, 0) is 36.9 Å². The molecule has 0 aromatic heterocycles. The number of benzene rings is 1. The van der Waals surface area contributed by atoms with Crippen molar-refractivity contribution in [3.05, 3.63) is 29.8 Å². The number of para-hydroxylation sites is 1. The van der Waals surface area contributed by atoms with E-state index in [4.69, 9.17) is 10.5 Å². The average molecular weight is 207 g/mol. The molecule has 2 nitrogen and oxygen atoms in total. The van der Waals surface area contributed by atoms with Gasteiger partial charge < -0.3 is 10.5 Å². The molecule has 0 aliphatic carbocycles. The average Bonchev–Trinajstić information content (AvgIpc) is 2.29. The van der Waals surface area contributed by atoms with E-state index in [-0.39, 0.29) is 0 Å². The van der Waals surface area contributed by atoms with Gasteiger partial charge in [-0.2, -0.15) is 0 Å². The Morgan fingerprint density at radius 1 is 1.33 bits per heavy atom. The smallest absolute Gasteiger partial charge is 0.122 e. The first-order chi connectivity index (χ1) is 7.29. The molecular formula is C13H21NO.